The number of hydrogen-bond donors (Lipinski definition) is 1. The van der Waals surface area contributed by atoms with Crippen molar-refractivity contribution in [3.8, 4) is 17.1 Å². The lowest BCUT2D eigenvalue weighted by atomic mass is 10.1. The van der Waals surface area contributed by atoms with Gasteiger partial charge in [0.2, 0.25) is 0 Å². The van der Waals surface area contributed by atoms with Gasteiger partial charge in [0.25, 0.3) is 0 Å². The molecule has 2 N–H and O–H groups in total. The lowest BCUT2D eigenvalue weighted by molar-refractivity contribution is 0.357. The molecule has 0 radical (unpaired) electrons. The van der Waals surface area contributed by atoms with Crippen molar-refractivity contribution in [1.29, 1.82) is 0 Å². The lowest BCUT2D eigenvalue weighted by Gasteiger charge is -2.03. The number of nitrogens with zero attached hydrogens (tertiary/aromatic N) is 1. The average molecular weight is 220 g/mol. The second kappa shape index (κ2) is 3.23. The van der Waals surface area contributed by atoms with Crippen molar-refractivity contribution in [1.82, 2.24) is 5.16 Å². The van der Waals surface area contributed by atoms with Gasteiger partial charge in [0, 0.05) is 18.1 Å². The van der Waals surface area contributed by atoms with Crippen LogP contribution in [0.4, 0.5) is 10.2 Å². The zero-order valence-electron chi connectivity index (χ0n) is 8.37. The molecule has 1 aliphatic heterocycles. The Hall–Kier alpha value is -2.04. The van der Waals surface area contributed by atoms with Crippen molar-refractivity contribution in [2.24, 2.45) is 0 Å². The maximum Gasteiger partial charge on any atom is 0.172 e. The summed E-state index contributed by atoms with van der Waals surface area (Å²) >= 11 is 0. The van der Waals surface area contributed by atoms with Crippen LogP contribution >= 0.6 is 0 Å². The fourth-order valence-electron chi connectivity index (χ4n) is 1.84. The van der Waals surface area contributed by atoms with Crippen molar-refractivity contribution < 1.29 is 13.7 Å². The highest BCUT2D eigenvalue weighted by Crippen LogP contribution is 2.34. The van der Waals surface area contributed by atoms with E-state index in [4.69, 9.17) is 15.0 Å². The summed E-state index contributed by atoms with van der Waals surface area (Å²) in [6, 6.07) is 4.85. The minimum atomic E-state index is -0.314. The molecule has 1 aromatic heterocycles. The van der Waals surface area contributed by atoms with Gasteiger partial charge in [-0.15, -0.1) is 0 Å². The number of halogens is 1. The van der Waals surface area contributed by atoms with Crippen LogP contribution in [0, 0.1) is 5.82 Å². The van der Waals surface area contributed by atoms with E-state index in [1.54, 1.807) is 12.1 Å². The molecule has 0 saturated carbocycles. The first-order chi connectivity index (χ1) is 7.75. The van der Waals surface area contributed by atoms with Crippen LogP contribution in [0.15, 0.2) is 22.7 Å². The van der Waals surface area contributed by atoms with Gasteiger partial charge in [0.15, 0.2) is 11.6 Å². The van der Waals surface area contributed by atoms with E-state index in [0.29, 0.717) is 35.7 Å². The molecule has 0 spiro atoms. The van der Waals surface area contributed by atoms with E-state index in [9.17, 15) is 4.39 Å². The van der Waals surface area contributed by atoms with Gasteiger partial charge in [-0.1, -0.05) is 5.16 Å². The summed E-state index contributed by atoms with van der Waals surface area (Å²) in [5.41, 5.74) is 6.39. The molecule has 5 heteroatoms. The van der Waals surface area contributed by atoms with Crippen LogP contribution in [0.2, 0.25) is 0 Å². The Kier molecular flexibility index (Phi) is 1.86. The molecule has 0 saturated heterocycles. The fourth-order valence-corrected chi connectivity index (χ4v) is 1.84. The number of fused-ring (bicyclic) bond motifs is 1. The van der Waals surface area contributed by atoms with Crippen molar-refractivity contribution in [2.45, 2.75) is 6.42 Å². The molecule has 0 bridgehead atoms. The van der Waals surface area contributed by atoms with E-state index in [1.165, 1.54) is 6.07 Å². The molecule has 2 aromatic rings. The molecule has 4 nitrogen and oxygen atoms in total. The molecule has 0 atom stereocenters. The van der Waals surface area contributed by atoms with Gasteiger partial charge in [-0.25, -0.2) is 4.39 Å². The number of anilines is 1. The maximum atomic E-state index is 14.1. The zero-order valence-corrected chi connectivity index (χ0v) is 8.37. The molecule has 82 valence electrons. The van der Waals surface area contributed by atoms with Crippen LogP contribution in [0.3, 0.4) is 0 Å². The van der Waals surface area contributed by atoms with E-state index in [2.05, 4.69) is 5.16 Å². The highest BCUT2D eigenvalue weighted by Gasteiger charge is 2.21. The van der Waals surface area contributed by atoms with Gasteiger partial charge in [-0.05, 0) is 12.1 Å². The second-order valence-corrected chi connectivity index (χ2v) is 3.62. The monoisotopic (exact) mass is 220 g/mol. The van der Waals surface area contributed by atoms with Crippen LogP contribution < -0.4 is 10.5 Å². The third-order valence-corrected chi connectivity index (χ3v) is 2.60. The summed E-state index contributed by atoms with van der Waals surface area (Å²) in [5.74, 6) is 0.871. The summed E-state index contributed by atoms with van der Waals surface area (Å²) in [6.07, 6.45) is 0.582. The molecule has 0 aliphatic carbocycles. The van der Waals surface area contributed by atoms with Gasteiger partial charge in [-0.2, -0.15) is 0 Å². The van der Waals surface area contributed by atoms with Crippen molar-refractivity contribution in [3.63, 3.8) is 0 Å². The van der Waals surface area contributed by atoms with Gasteiger partial charge in [-0.3, -0.25) is 0 Å². The van der Waals surface area contributed by atoms with Gasteiger partial charge in [0.1, 0.15) is 11.6 Å². The number of nitrogen functional groups attached to an aromatic ring is 1. The summed E-state index contributed by atoms with van der Waals surface area (Å²) < 4.78 is 24.3. The first-order valence-electron chi connectivity index (χ1n) is 4.92. The number of aromatic nitrogens is 1. The highest BCUT2D eigenvalue weighted by atomic mass is 19.1. The first kappa shape index (κ1) is 9.21. The Labute approximate surface area is 90.8 Å². The standard InChI is InChI=1S/C11H9FN2O2/c12-11-6(9-5-10(13)14-16-9)1-2-8-7(11)3-4-15-8/h1-2,5H,3-4H2,(H2,13,14). The normalized spacial score (nSPS) is 13.6. The molecule has 2 heterocycles. The predicted octanol–water partition coefficient (Wildman–Crippen LogP) is 2.00. The number of ether oxygens (including phenoxy) is 1. The van der Waals surface area contributed by atoms with E-state index >= 15 is 0 Å². The summed E-state index contributed by atoms with van der Waals surface area (Å²) in [7, 11) is 0. The third-order valence-electron chi connectivity index (χ3n) is 2.60. The first-order valence-corrected chi connectivity index (χ1v) is 4.92. The topological polar surface area (TPSA) is 61.3 Å². The van der Waals surface area contributed by atoms with E-state index in [0.717, 1.165) is 0 Å². The minimum Gasteiger partial charge on any atom is -0.493 e. The van der Waals surface area contributed by atoms with Crippen LogP contribution in [0.25, 0.3) is 11.3 Å². The molecule has 0 fully saturated rings. The summed E-state index contributed by atoms with van der Waals surface area (Å²) in [6.45, 7) is 0.522. The number of hydrogen-bond acceptors (Lipinski definition) is 4. The lowest BCUT2D eigenvalue weighted by Crippen LogP contribution is -1.89. The number of rotatable bonds is 1. The van der Waals surface area contributed by atoms with Crippen LogP contribution in [0.5, 0.6) is 5.75 Å². The molecule has 0 unspecified atom stereocenters. The van der Waals surface area contributed by atoms with Gasteiger partial charge < -0.3 is 15.0 Å². The minimum absolute atomic E-state index is 0.242. The Morgan fingerprint density at radius 3 is 3.00 bits per heavy atom. The third kappa shape index (κ3) is 1.25. The summed E-state index contributed by atoms with van der Waals surface area (Å²) in [4.78, 5) is 0. The van der Waals surface area contributed by atoms with E-state index in [-0.39, 0.29) is 11.6 Å². The molecular weight excluding hydrogens is 211 g/mol. The molecule has 16 heavy (non-hydrogen) atoms. The van der Waals surface area contributed by atoms with Crippen molar-refractivity contribution in [3.05, 3.63) is 29.6 Å². The number of nitrogens with two attached hydrogens (primary N) is 1. The zero-order chi connectivity index (χ0) is 11.1. The number of benzene rings is 1. The maximum absolute atomic E-state index is 14.1. The highest BCUT2D eigenvalue weighted by molar-refractivity contribution is 5.64. The molecule has 1 aliphatic rings. The molecule has 3 rings (SSSR count). The molecule has 0 amide bonds. The average Bonchev–Trinajstić information content (AvgIpc) is 2.87. The predicted molar refractivity (Wildman–Crippen MR) is 55.5 cm³/mol. The summed E-state index contributed by atoms with van der Waals surface area (Å²) in [5, 5.41) is 3.53. The Bertz CT molecular complexity index is 551. The molecular formula is C11H9FN2O2. The van der Waals surface area contributed by atoms with E-state index in [1.807, 2.05) is 0 Å². The largest absolute Gasteiger partial charge is 0.493 e. The van der Waals surface area contributed by atoms with Crippen LogP contribution in [-0.2, 0) is 6.42 Å². The van der Waals surface area contributed by atoms with Crippen molar-refractivity contribution in [2.75, 3.05) is 12.3 Å². The van der Waals surface area contributed by atoms with Crippen molar-refractivity contribution >= 4 is 5.82 Å². The van der Waals surface area contributed by atoms with Crippen LogP contribution in [-0.4, -0.2) is 11.8 Å². The molecule has 1 aromatic carbocycles. The Morgan fingerprint density at radius 1 is 1.38 bits per heavy atom. The SMILES string of the molecule is Nc1cc(-c2ccc3c(c2F)CCO3)on1. The van der Waals surface area contributed by atoms with Crippen LogP contribution in [0.1, 0.15) is 5.56 Å². The smallest absolute Gasteiger partial charge is 0.172 e. The second-order valence-electron chi connectivity index (χ2n) is 3.62. The quantitative estimate of drug-likeness (QED) is 0.798. The van der Waals surface area contributed by atoms with Gasteiger partial charge >= 0.3 is 0 Å². The fraction of sp³-hybridized carbons (Fsp3) is 0.182. The Morgan fingerprint density at radius 2 is 2.25 bits per heavy atom. The van der Waals surface area contributed by atoms with E-state index < -0.39 is 0 Å². The Balaban J connectivity index is 2.15. The van der Waals surface area contributed by atoms with Gasteiger partial charge in [0.05, 0.1) is 12.2 Å².